The highest BCUT2D eigenvalue weighted by atomic mass is 35.5. The predicted molar refractivity (Wildman–Crippen MR) is 111 cm³/mol. The molecule has 1 aliphatic heterocycles. The molecule has 1 fully saturated rings. The van der Waals surface area contributed by atoms with Gasteiger partial charge in [0, 0.05) is 43.8 Å². The maximum atomic E-state index is 13.8. The molecule has 1 atom stereocenters. The van der Waals surface area contributed by atoms with Crippen LogP contribution >= 0.6 is 11.6 Å². The second-order valence-electron chi connectivity index (χ2n) is 6.58. The first-order valence-corrected chi connectivity index (χ1v) is 9.81. The largest absolute Gasteiger partial charge is 0.379 e. The van der Waals surface area contributed by atoms with Crippen LogP contribution in [0.15, 0.2) is 53.5 Å². The lowest BCUT2D eigenvalue weighted by atomic mass is 10.0. The van der Waals surface area contributed by atoms with Crippen molar-refractivity contribution in [2.24, 2.45) is 4.99 Å². The van der Waals surface area contributed by atoms with E-state index in [0.29, 0.717) is 37.8 Å². The molecule has 0 bridgehead atoms. The number of benzene rings is 2. The van der Waals surface area contributed by atoms with E-state index in [-0.39, 0.29) is 11.9 Å². The number of morpholine rings is 1. The molecule has 0 radical (unpaired) electrons. The zero-order valence-electron chi connectivity index (χ0n) is 16.0. The monoisotopic (exact) mass is 404 g/mol. The van der Waals surface area contributed by atoms with Crippen molar-refractivity contribution in [3.05, 3.63) is 70.5 Å². The first kappa shape index (κ1) is 20.6. The fourth-order valence-corrected chi connectivity index (χ4v) is 3.57. The first-order chi connectivity index (χ1) is 13.7. The summed E-state index contributed by atoms with van der Waals surface area (Å²) in [4.78, 5) is 6.62. The third-order valence-electron chi connectivity index (χ3n) is 4.84. The fourth-order valence-electron chi connectivity index (χ4n) is 3.30. The van der Waals surface area contributed by atoms with Crippen LogP contribution < -0.4 is 10.6 Å². The van der Waals surface area contributed by atoms with Gasteiger partial charge in [-0.2, -0.15) is 0 Å². The van der Waals surface area contributed by atoms with Gasteiger partial charge in [-0.15, -0.1) is 0 Å². The van der Waals surface area contributed by atoms with Crippen LogP contribution in [0.5, 0.6) is 0 Å². The molecule has 7 heteroatoms. The lowest BCUT2D eigenvalue weighted by Crippen LogP contribution is -2.46. The highest BCUT2D eigenvalue weighted by Crippen LogP contribution is 2.27. The summed E-state index contributed by atoms with van der Waals surface area (Å²) in [5.41, 5.74) is 1.67. The van der Waals surface area contributed by atoms with Crippen LogP contribution in [-0.4, -0.2) is 50.8 Å². The number of hydrogen-bond donors (Lipinski definition) is 2. The summed E-state index contributed by atoms with van der Waals surface area (Å²) in [6.07, 6.45) is 0. The van der Waals surface area contributed by atoms with Gasteiger partial charge in [0.25, 0.3) is 0 Å². The Morgan fingerprint density at radius 3 is 2.57 bits per heavy atom. The van der Waals surface area contributed by atoms with Crippen molar-refractivity contribution in [1.29, 1.82) is 0 Å². The van der Waals surface area contributed by atoms with Crippen molar-refractivity contribution < 1.29 is 9.13 Å². The molecule has 0 saturated carbocycles. The van der Waals surface area contributed by atoms with Crippen LogP contribution in [0.25, 0.3) is 0 Å². The summed E-state index contributed by atoms with van der Waals surface area (Å²) >= 11 is 6.47. The molecule has 2 N–H and O–H groups in total. The summed E-state index contributed by atoms with van der Waals surface area (Å²) in [6, 6.07) is 14.7. The van der Waals surface area contributed by atoms with Gasteiger partial charge in [0.1, 0.15) is 5.82 Å². The molecule has 2 aromatic carbocycles. The van der Waals surface area contributed by atoms with E-state index < -0.39 is 0 Å². The molecule has 1 aliphatic rings. The fraction of sp³-hybridized carbons (Fsp3) is 0.381. The number of aliphatic imine (C=N–C) groups is 1. The third kappa shape index (κ3) is 5.44. The smallest absolute Gasteiger partial charge is 0.191 e. The average Bonchev–Trinajstić information content (AvgIpc) is 2.73. The summed E-state index contributed by atoms with van der Waals surface area (Å²) in [5, 5.41) is 7.28. The molecule has 0 aromatic heterocycles. The Morgan fingerprint density at radius 1 is 1.14 bits per heavy atom. The van der Waals surface area contributed by atoms with Crippen molar-refractivity contribution in [3.63, 3.8) is 0 Å². The topological polar surface area (TPSA) is 48.9 Å². The van der Waals surface area contributed by atoms with E-state index in [1.54, 1.807) is 19.2 Å². The zero-order valence-corrected chi connectivity index (χ0v) is 16.8. The minimum Gasteiger partial charge on any atom is -0.379 e. The molecule has 2 aromatic rings. The third-order valence-corrected chi connectivity index (χ3v) is 5.19. The Bertz CT molecular complexity index is 795. The van der Waals surface area contributed by atoms with Crippen LogP contribution in [0, 0.1) is 5.82 Å². The number of nitrogens with one attached hydrogen (secondary N) is 2. The van der Waals surface area contributed by atoms with E-state index in [2.05, 4.69) is 26.6 Å². The summed E-state index contributed by atoms with van der Waals surface area (Å²) < 4.78 is 19.3. The second kappa shape index (κ2) is 10.4. The van der Waals surface area contributed by atoms with Crippen molar-refractivity contribution in [2.45, 2.75) is 12.6 Å². The normalized spacial score (nSPS) is 16.6. The minimum atomic E-state index is -0.229. The van der Waals surface area contributed by atoms with E-state index in [1.165, 1.54) is 6.07 Å². The average molecular weight is 405 g/mol. The molecule has 1 heterocycles. The van der Waals surface area contributed by atoms with Gasteiger partial charge in [0.05, 0.1) is 19.3 Å². The predicted octanol–water partition coefficient (Wildman–Crippen LogP) is 3.22. The lowest BCUT2D eigenvalue weighted by molar-refractivity contribution is 0.0170. The highest BCUT2D eigenvalue weighted by Gasteiger charge is 2.24. The van der Waals surface area contributed by atoms with Crippen molar-refractivity contribution in [3.8, 4) is 0 Å². The van der Waals surface area contributed by atoms with Gasteiger partial charge in [-0.3, -0.25) is 9.89 Å². The van der Waals surface area contributed by atoms with Gasteiger partial charge in [0.2, 0.25) is 0 Å². The molecule has 3 rings (SSSR count). The standard InChI is InChI=1S/C21H26ClFN4O/c1-24-21(25-14-16-6-2-5-9-19(16)23)26-15-20(27-10-12-28-13-11-27)17-7-3-4-8-18(17)22/h2-9,20H,10-15H2,1H3,(H2,24,25,26). The molecular formula is C21H26ClFN4O. The van der Waals surface area contributed by atoms with Crippen LogP contribution in [-0.2, 0) is 11.3 Å². The number of guanidine groups is 1. The van der Waals surface area contributed by atoms with E-state index >= 15 is 0 Å². The van der Waals surface area contributed by atoms with E-state index in [0.717, 1.165) is 23.7 Å². The van der Waals surface area contributed by atoms with Crippen LogP contribution in [0.1, 0.15) is 17.2 Å². The van der Waals surface area contributed by atoms with E-state index in [1.807, 2.05) is 24.3 Å². The van der Waals surface area contributed by atoms with Crippen LogP contribution in [0.4, 0.5) is 4.39 Å². The molecule has 0 aliphatic carbocycles. The SMILES string of the molecule is CN=C(NCc1ccccc1F)NCC(c1ccccc1Cl)N1CCOCC1. The second-order valence-corrected chi connectivity index (χ2v) is 6.99. The Balaban J connectivity index is 1.66. The number of halogens is 2. The molecule has 0 spiro atoms. The maximum Gasteiger partial charge on any atom is 0.191 e. The van der Waals surface area contributed by atoms with Gasteiger partial charge in [-0.05, 0) is 17.7 Å². The zero-order chi connectivity index (χ0) is 19.8. The minimum absolute atomic E-state index is 0.0876. The van der Waals surface area contributed by atoms with Crippen LogP contribution in [0.2, 0.25) is 5.02 Å². The van der Waals surface area contributed by atoms with E-state index in [9.17, 15) is 4.39 Å². The molecule has 1 unspecified atom stereocenters. The number of hydrogen-bond acceptors (Lipinski definition) is 3. The van der Waals surface area contributed by atoms with Crippen molar-refractivity contribution >= 4 is 17.6 Å². The summed E-state index contributed by atoms with van der Waals surface area (Å²) in [7, 11) is 1.70. The molecule has 5 nitrogen and oxygen atoms in total. The quantitative estimate of drug-likeness (QED) is 0.573. The number of ether oxygens (including phenoxy) is 1. The Labute approximate surface area is 170 Å². The van der Waals surface area contributed by atoms with Crippen molar-refractivity contribution in [1.82, 2.24) is 15.5 Å². The Hall–Kier alpha value is -2.15. The van der Waals surface area contributed by atoms with Gasteiger partial charge in [-0.25, -0.2) is 4.39 Å². The van der Waals surface area contributed by atoms with Gasteiger partial charge < -0.3 is 15.4 Å². The summed E-state index contributed by atoms with van der Waals surface area (Å²) in [6.45, 7) is 4.10. The molecule has 28 heavy (non-hydrogen) atoms. The first-order valence-electron chi connectivity index (χ1n) is 9.43. The van der Waals surface area contributed by atoms with Crippen molar-refractivity contribution in [2.75, 3.05) is 39.9 Å². The van der Waals surface area contributed by atoms with Gasteiger partial charge >= 0.3 is 0 Å². The molecule has 150 valence electrons. The summed E-state index contributed by atoms with van der Waals surface area (Å²) in [5.74, 6) is 0.390. The molecule has 0 amide bonds. The lowest BCUT2D eigenvalue weighted by Gasteiger charge is -2.35. The Kier molecular flexibility index (Phi) is 7.65. The molecule has 1 saturated heterocycles. The Morgan fingerprint density at radius 2 is 1.86 bits per heavy atom. The highest BCUT2D eigenvalue weighted by molar-refractivity contribution is 6.31. The van der Waals surface area contributed by atoms with Crippen LogP contribution in [0.3, 0.4) is 0 Å². The van der Waals surface area contributed by atoms with Gasteiger partial charge in [-0.1, -0.05) is 48.0 Å². The maximum absolute atomic E-state index is 13.8. The number of nitrogens with zero attached hydrogens (tertiary/aromatic N) is 2. The number of rotatable bonds is 6. The van der Waals surface area contributed by atoms with Gasteiger partial charge in [0.15, 0.2) is 5.96 Å². The molecular weight excluding hydrogens is 379 g/mol. The van der Waals surface area contributed by atoms with E-state index in [4.69, 9.17) is 16.3 Å².